The van der Waals surface area contributed by atoms with Gasteiger partial charge >= 0.3 is 0 Å². The molecule has 1 aromatic rings. The van der Waals surface area contributed by atoms with Crippen LogP contribution in [0, 0.1) is 11.6 Å². The van der Waals surface area contributed by atoms with Crippen molar-refractivity contribution < 1.29 is 8.78 Å². The zero-order valence-electron chi connectivity index (χ0n) is 11.9. The van der Waals surface area contributed by atoms with Crippen molar-refractivity contribution >= 4 is 11.6 Å². The molecule has 4 nitrogen and oxygen atoms in total. The number of hydrogen-bond acceptors (Lipinski definition) is 4. The van der Waals surface area contributed by atoms with Gasteiger partial charge in [-0.25, -0.2) is 13.8 Å². The molecular formula is C13H22F2N4. The van der Waals surface area contributed by atoms with Gasteiger partial charge in [-0.05, 0) is 27.8 Å². The standard InChI is InChI=1S/C13H22F2N4/c1-5-16-12-10(14)8-11(15)13(18-12)17-6-7-19(4)9(2)3/h8-9H,5-7H2,1-4H3,(H2,16,17,18). The maximum atomic E-state index is 13.5. The lowest BCUT2D eigenvalue weighted by atomic mass is 10.3. The van der Waals surface area contributed by atoms with Crippen LogP contribution in [0.4, 0.5) is 20.4 Å². The quantitative estimate of drug-likeness (QED) is 0.800. The van der Waals surface area contributed by atoms with E-state index in [9.17, 15) is 8.78 Å². The van der Waals surface area contributed by atoms with Crippen LogP contribution in [0.15, 0.2) is 6.07 Å². The van der Waals surface area contributed by atoms with E-state index >= 15 is 0 Å². The average molecular weight is 272 g/mol. The molecule has 0 bridgehead atoms. The van der Waals surface area contributed by atoms with Crippen LogP contribution in [0.5, 0.6) is 0 Å². The van der Waals surface area contributed by atoms with Crippen LogP contribution in [-0.4, -0.2) is 42.6 Å². The summed E-state index contributed by atoms with van der Waals surface area (Å²) in [6.07, 6.45) is 0. The van der Waals surface area contributed by atoms with E-state index in [2.05, 4.69) is 34.4 Å². The fourth-order valence-electron chi connectivity index (χ4n) is 1.49. The predicted molar refractivity (Wildman–Crippen MR) is 74.6 cm³/mol. The number of anilines is 2. The van der Waals surface area contributed by atoms with Gasteiger partial charge in [0.25, 0.3) is 0 Å². The average Bonchev–Trinajstić information content (AvgIpc) is 2.34. The van der Waals surface area contributed by atoms with E-state index in [1.54, 1.807) is 0 Å². The number of likely N-dealkylation sites (N-methyl/N-ethyl adjacent to an activating group) is 1. The minimum atomic E-state index is -0.677. The molecule has 0 aliphatic rings. The Morgan fingerprint density at radius 3 is 2.32 bits per heavy atom. The minimum Gasteiger partial charge on any atom is -0.368 e. The Balaban J connectivity index is 2.65. The summed E-state index contributed by atoms with van der Waals surface area (Å²) < 4.78 is 26.9. The summed E-state index contributed by atoms with van der Waals surface area (Å²) in [6, 6.07) is 1.27. The largest absolute Gasteiger partial charge is 0.368 e. The molecule has 19 heavy (non-hydrogen) atoms. The third-order valence-electron chi connectivity index (χ3n) is 2.91. The minimum absolute atomic E-state index is 0.0728. The smallest absolute Gasteiger partial charge is 0.168 e. The molecule has 108 valence electrons. The van der Waals surface area contributed by atoms with Crippen LogP contribution in [0.2, 0.25) is 0 Å². The SMILES string of the molecule is CCNc1nc(NCCN(C)C(C)C)c(F)cc1F. The number of rotatable bonds is 7. The Morgan fingerprint density at radius 1 is 1.21 bits per heavy atom. The van der Waals surface area contributed by atoms with E-state index in [0.29, 0.717) is 19.1 Å². The normalized spacial score (nSPS) is 11.2. The summed E-state index contributed by atoms with van der Waals surface area (Å²) >= 11 is 0. The monoisotopic (exact) mass is 272 g/mol. The fraction of sp³-hybridized carbons (Fsp3) is 0.615. The Labute approximate surface area is 113 Å². The van der Waals surface area contributed by atoms with Crippen LogP contribution in [0.25, 0.3) is 0 Å². The molecule has 0 amide bonds. The molecule has 0 radical (unpaired) electrons. The van der Waals surface area contributed by atoms with Crippen LogP contribution in [0.3, 0.4) is 0 Å². The second-order valence-corrected chi connectivity index (χ2v) is 4.68. The molecule has 0 spiro atoms. The van der Waals surface area contributed by atoms with Crippen molar-refractivity contribution in [1.82, 2.24) is 9.88 Å². The maximum Gasteiger partial charge on any atom is 0.168 e. The highest BCUT2D eigenvalue weighted by molar-refractivity contribution is 5.47. The van der Waals surface area contributed by atoms with Crippen LogP contribution in [0.1, 0.15) is 20.8 Å². The topological polar surface area (TPSA) is 40.2 Å². The van der Waals surface area contributed by atoms with Crippen molar-refractivity contribution in [2.24, 2.45) is 0 Å². The van der Waals surface area contributed by atoms with E-state index in [4.69, 9.17) is 0 Å². The van der Waals surface area contributed by atoms with Crippen molar-refractivity contribution in [1.29, 1.82) is 0 Å². The van der Waals surface area contributed by atoms with Crippen LogP contribution in [-0.2, 0) is 0 Å². The van der Waals surface area contributed by atoms with E-state index < -0.39 is 11.6 Å². The molecule has 0 unspecified atom stereocenters. The van der Waals surface area contributed by atoms with Gasteiger partial charge in [-0.1, -0.05) is 0 Å². The number of halogens is 2. The van der Waals surface area contributed by atoms with Gasteiger partial charge in [-0.15, -0.1) is 0 Å². The Bertz CT molecular complexity index is 410. The van der Waals surface area contributed by atoms with Gasteiger partial charge in [0.15, 0.2) is 23.3 Å². The zero-order chi connectivity index (χ0) is 14.4. The van der Waals surface area contributed by atoms with Crippen molar-refractivity contribution in [2.45, 2.75) is 26.8 Å². The third-order valence-corrected chi connectivity index (χ3v) is 2.91. The second-order valence-electron chi connectivity index (χ2n) is 4.68. The van der Waals surface area contributed by atoms with Gasteiger partial charge in [0.1, 0.15) is 0 Å². The number of aromatic nitrogens is 1. The molecule has 1 aromatic heterocycles. The number of pyridine rings is 1. The molecule has 0 atom stereocenters. The maximum absolute atomic E-state index is 13.5. The van der Waals surface area contributed by atoms with Gasteiger partial charge in [0.2, 0.25) is 0 Å². The van der Waals surface area contributed by atoms with E-state index in [1.807, 2.05) is 14.0 Å². The highest BCUT2D eigenvalue weighted by Crippen LogP contribution is 2.18. The van der Waals surface area contributed by atoms with Crippen molar-refractivity contribution in [3.8, 4) is 0 Å². The van der Waals surface area contributed by atoms with Crippen molar-refractivity contribution in [3.63, 3.8) is 0 Å². The summed E-state index contributed by atoms with van der Waals surface area (Å²) in [6.45, 7) is 7.84. The molecule has 0 aliphatic heterocycles. The molecule has 2 N–H and O–H groups in total. The summed E-state index contributed by atoms with van der Waals surface area (Å²) in [7, 11) is 1.99. The highest BCUT2D eigenvalue weighted by atomic mass is 19.1. The Kier molecular flexibility index (Phi) is 5.95. The number of nitrogens with zero attached hydrogens (tertiary/aromatic N) is 2. The van der Waals surface area contributed by atoms with Crippen molar-refractivity contribution in [3.05, 3.63) is 17.7 Å². The first-order valence-corrected chi connectivity index (χ1v) is 6.49. The van der Waals surface area contributed by atoms with Gasteiger partial charge in [-0.2, -0.15) is 0 Å². The fourth-order valence-corrected chi connectivity index (χ4v) is 1.49. The second kappa shape index (κ2) is 7.23. The highest BCUT2D eigenvalue weighted by Gasteiger charge is 2.11. The summed E-state index contributed by atoms with van der Waals surface area (Å²) in [5.74, 6) is -1.20. The number of nitrogens with one attached hydrogen (secondary N) is 2. The van der Waals surface area contributed by atoms with Gasteiger partial charge in [-0.3, -0.25) is 0 Å². The van der Waals surface area contributed by atoms with E-state index in [-0.39, 0.29) is 11.6 Å². The number of hydrogen-bond donors (Lipinski definition) is 2. The molecule has 0 fully saturated rings. The van der Waals surface area contributed by atoms with Gasteiger partial charge in [0.05, 0.1) is 0 Å². The third kappa shape index (κ3) is 4.63. The zero-order valence-corrected chi connectivity index (χ0v) is 11.9. The molecular weight excluding hydrogens is 250 g/mol. The molecule has 0 aromatic carbocycles. The molecule has 0 saturated carbocycles. The van der Waals surface area contributed by atoms with E-state index in [1.165, 1.54) is 0 Å². The molecule has 0 saturated heterocycles. The first kappa shape index (κ1) is 15.6. The molecule has 0 aliphatic carbocycles. The summed E-state index contributed by atoms with van der Waals surface area (Å²) in [5, 5.41) is 5.65. The van der Waals surface area contributed by atoms with Crippen LogP contribution < -0.4 is 10.6 Å². The first-order chi connectivity index (χ1) is 8.95. The van der Waals surface area contributed by atoms with E-state index in [0.717, 1.165) is 12.6 Å². The lowest BCUT2D eigenvalue weighted by Gasteiger charge is -2.21. The summed E-state index contributed by atoms with van der Waals surface area (Å²) in [4.78, 5) is 6.04. The Morgan fingerprint density at radius 2 is 1.79 bits per heavy atom. The molecule has 1 rings (SSSR count). The molecule has 6 heteroatoms. The van der Waals surface area contributed by atoms with Gasteiger partial charge in [0, 0.05) is 31.7 Å². The van der Waals surface area contributed by atoms with Crippen LogP contribution >= 0.6 is 0 Å². The molecule has 1 heterocycles. The first-order valence-electron chi connectivity index (χ1n) is 6.49. The lowest BCUT2D eigenvalue weighted by molar-refractivity contribution is 0.284. The predicted octanol–water partition coefficient (Wildman–Crippen LogP) is 2.54. The lowest BCUT2D eigenvalue weighted by Crippen LogP contribution is -2.31. The van der Waals surface area contributed by atoms with Gasteiger partial charge < -0.3 is 15.5 Å². The summed E-state index contributed by atoms with van der Waals surface area (Å²) in [5.41, 5.74) is 0. The Hall–Kier alpha value is -1.43. The van der Waals surface area contributed by atoms with Crippen molar-refractivity contribution in [2.75, 3.05) is 37.3 Å².